The van der Waals surface area contributed by atoms with E-state index in [1.165, 1.54) is 5.56 Å². The quantitative estimate of drug-likeness (QED) is 0.566. The standard InChI is InChI=1S/C24H30N4O3/c1-5-24(20-9-7-6-8-10-20)22(30)28(23(31)25-24)26-21(29)16-27(4)15-18-11-13-19(14-12-18)17(2)3/h6-14,17H,5,15-16H2,1-4H3,(H,25,31)(H,26,29)/p+1/t24-/m0/s1. The summed E-state index contributed by atoms with van der Waals surface area (Å²) in [6.07, 6.45) is 0.380. The Labute approximate surface area is 183 Å². The maximum absolute atomic E-state index is 13.1. The molecule has 2 aromatic carbocycles. The third-order valence-corrected chi connectivity index (χ3v) is 5.74. The SMILES string of the molecule is CC[C@@]1(c2ccccc2)NC(=O)N(NC(=O)C[NH+](C)Cc2ccc(C(C)C)cc2)C1=O. The van der Waals surface area contributed by atoms with E-state index < -0.39 is 17.5 Å². The van der Waals surface area contributed by atoms with Crippen molar-refractivity contribution in [3.05, 3.63) is 71.3 Å². The van der Waals surface area contributed by atoms with Crippen LogP contribution < -0.4 is 15.6 Å². The minimum Gasteiger partial charge on any atom is -0.326 e. The Hall–Kier alpha value is -3.19. The van der Waals surface area contributed by atoms with E-state index in [9.17, 15) is 14.4 Å². The second-order valence-corrected chi connectivity index (χ2v) is 8.44. The molecular formula is C24H31N4O3+. The molecule has 0 spiro atoms. The van der Waals surface area contributed by atoms with Crippen molar-refractivity contribution in [3.63, 3.8) is 0 Å². The zero-order valence-electron chi connectivity index (χ0n) is 18.6. The van der Waals surface area contributed by atoms with Crippen LogP contribution in [0.25, 0.3) is 0 Å². The summed E-state index contributed by atoms with van der Waals surface area (Å²) in [4.78, 5) is 39.1. The number of nitrogens with zero attached hydrogens (tertiary/aromatic N) is 1. The van der Waals surface area contributed by atoms with Gasteiger partial charge in [0.05, 0.1) is 7.05 Å². The van der Waals surface area contributed by atoms with Crippen LogP contribution in [0.3, 0.4) is 0 Å². The Bertz CT molecular complexity index is 943. The van der Waals surface area contributed by atoms with E-state index in [0.717, 1.165) is 15.5 Å². The molecule has 0 aliphatic carbocycles. The number of hydrogen-bond donors (Lipinski definition) is 3. The second kappa shape index (κ2) is 9.31. The molecule has 1 aliphatic rings. The molecule has 31 heavy (non-hydrogen) atoms. The van der Waals surface area contributed by atoms with E-state index in [4.69, 9.17) is 0 Å². The minimum absolute atomic E-state index is 0.132. The zero-order chi connectivity index (χ0) is 22.6. The molecule has 1 saturated heterocycles. The van der Waals surface area contributed by atoms with Crippen LogP contribution >= 0.6 is 0 Å². The molecule has 3 rings (SSSR count). The summed E-state index contributed by atoms with van der Waals surface area (Å²) in [6.45, 7) is 6.93. The summed E-state index contributed by atoms with van der Waals surface area (Å²) in [5.41, 5.74) is 4.42. The average molecular weight is 424 g/mol. The van der Waals surface area contributed by atoms with Crippen LogP contribution in [0, 0.1) is 0 Å². The number of carbonyl (C=O) groups is 3. The fourth-order valence-corrected chi connectivity index (χ4v) is 3.91. The number of amides is 4. The summed E-state index contributed by atoms with van der Waals surface area (Å²) >= 11 is 0. The van der Waals surface area contributed by atoms with Gasteiger partial charge in [0, 0.05) is 5.56 Å². The molecule has 1 heterocycles. The third-order valence-electron chi connectivity index (χ3n) is 5.74. The summed E-state index contributed by atoms with van der Waals surface area (Å²) in [5.74, 6) is -0.388. The molecule has 7 nitrogen and oxygen atoms in total. The van der Waals surface area contributed by atoms with Crippen LogP contribution in [-0.4, -0.2) is 36.4 Å². The predicted molar refractivity (Wildman–Crippen MR) is 118 cm³/mol. The smallest absolute Gasteiger partial charge is 0.326 e. The minimum atomic E-state index is -1.16. The van der Waals surface area contributed by atoms with E-state index >= 15 is 0 Å². The van der Waals surface area contributed by atoms with Crippen LogP contribution in [0.5, 0.6) is 0 Å². The fourth-order valence-electron chi connectivity index (χ4n) is 3.91. The summed E-state index contributed by atoms with van der Waals surface area (Å²) < 4.78 is 0. The first-order valence-corrected chi connectivity index (χ1v) is 10.7. The Morgan fingerprint density at radius 3 is 2.32 bits per heavy atom. The van der Waals surface area contributed by atoms with Crippen LogP contribution in [0.2, 0.25) is 0 Å². The highest BCUT2D eigenvalue weighted by molar-refractivity contribution is 6.08. The number of urea groups is 1. The summed E-state index contributed by atoms with van der Waals surface area (Å²) in [7, 11) is 1.90. The maximum atomic E-state index is 13.1. The summed E-state index contributed by atoms with van der Waals surface area (Å²) in [5, 5.41) is 3.57. The first-order chi connectivity index (χ1) is 14.8. The highest BCUT2D eigenvalue weighted by Gasteiger charge is 2.52. The van der Waals surface area contributed by atoms with Crippen molar-refractivity contribution in [1.29, 1.82) is 0 Å². The van der Waals surface area contributed by atoms with Gasteiger partial charge in [-0.25, -0.2) is 4.79 Å². The molecule has 0 radical (unpaired) electrons. The predicted octanol–water partition coefficient (Wildman–Crippen LogP) is 1.71. The van der Waals surface area contributed by atoms with Gasteiger partial charge in [-0.15, -0.1) is 0 Å². The average Bonchev–Trinajstić information content (AvgIpc) is 2.99. The molecule has 2 atom stereocenters. The normalized spacial score (nSPS) is 19.5. The lowest BCUT2D eigenvalue weighted by Gasteiger charge is -2.25. The molecule has 1 aliphatic heterocycles. The lowest BCUT2D eigenvalue weighted by Crippen LogP contribution is -3.09. The van der Waals surface area contributed by atoms with Crippen LogP contribution in [0.15, 0.2) is 54.6 Å². The number of hydrazine groups is 1. The van der Waals surface area contributed by atoms with Gasteiger partial charge < -0.3 is 10.2 Å². The number of hydrogen-bond acceptors (Lipinski definition) is 3. The second-order valence-electron chi connectivity index (χ2n) is 8.44. The van der Waals surface area contributed by atoms with Crippen LogP contribution in [-0.2, 0) is 21.7 Å². The van der Waals surface area contributed by atoms with E-state index in [2.05, 4.69) is 48.9 Å². The van der Waals surface area contributed by atoms with E-state index in [1.807, 2.05) is 32.2 Å². The van der Waals surface area contributed by atoms with E-state index in [0.29, 0.717) is 24.4 Å². The van der Waals surface area contributed by atoms with E-state index in [1.54, 1.807) is 12.1 Å². The third kappa shape index (κ3) is 4.77. The molecule has 0 aromatic heterocycles. The van der Waals surface area contributed by atoms with Crippen molar-refractivity contribution in [2.24, 2.45) is 0 Å². The van der Waals surface area contributed by atoms with Crippen LogP contribution in [0.1, 0.15) is 49.8 Å². The number of likely N-dealkylation sites (N-methyl/N-ethyl adjacent to an activating group) is 1. The van der Waals surface area contributed by atoms with Gasteiger partial charge in [0.2, 0.25) is 0 Å². The Morgan fingerprint density at radius 2 is 1.74 bits per heavy atom. The lowest BCUT2D eigenvalue weighted by atomic mass is 9.87. The molecule has 1 fully saturated rings. The number of benzene rings is 2. The van der Waals surface area contributed by atoms with E-state index in [-0.39, 0.29) is 12.5 Å². The van der Waals surface area contributed by atoms with Crippen molar-refractivity contribution in [1.82, 2.24) is 15.8 Å². The first-order valence-electron chi connectivity index (χ1n) is 10.7. The largest absolute Gasteiger partial charge is 0.344 e. The first kappa shape index (κ1) is 22.5. The van der Waals surface area contributed by atoms with Gasteiger partial charge in [-0.2, -0.15) is 5.01 Å². The molecule has 1 unspecified atom stereocenters. The van der Waals surface area contributed by atoms with Gasteiger partial charge in [0.25, 0.3) is 11.8 Å². The Balaban J connectivity index is 1.62. The fraction of sp³-hybridized carbons (Fsp3) is 0.375. The molecule has 3 N–H and O–H groups in total. The van der Waals surface area contributed by atoms with Gasteiger partial charge in [0.1, 0.15) is 12.1 Å². The van der Waals surface area contributed by atoms with Gasteiger partial charge in [-0.05, 0) is 23.5 Å². The number of nitrogens with one attached hydrogen (secondary N) is 3. The maximum Gasteiger partial charge on any atom is 0.344 e. The number of quaternary nitrogens is 1. The topological polar surface area (TPSA) is 83.0 Å². The van der Waals surface area contributed by atoms with Gasteiger partial charge in [-0.3, -0.25) is 15.0 Å². The number of rotatable bonds is 8. The zero-order valence-corrected chi connectivity index (χ0v) is 18.6. The molecule has 4 amide bonds. The monoisotopic (exact) mass is 423 g/mol. The van der Waals surface area contributed by atoms with Crippen molar-refractivity contribution in [2.45, 2.75) is 45.2 Å². The number of imide groups is 1. The van der Waals surface area contributed by atoms with Crippen LogP contribution in [0.4, 0.5) is 4.79 Å². The highest BCUT2D eigenvalue weighted by atomic mass is 16.2. The van der Waals surface area contributed by atoms with Crippen molar-refractivity contribution >= 4 is 17.8 Å². The molecule has 164 valence electrons. The molecule has 0 bridgehead atoms. The Kier molecular flexibility index (Phi) is 6.75. The Morgan fingerprint density at radius 1 is 1.10 bits per heavy atom. The van der Waals surface area contributed by atoms with Crippen molar-refractivity contribution < 1.29 is 19.3 Å². The molecule has 0 saturated carbocycles. The van der Waals surface area contributed by atoms with Gasteiger partial charge in [0.15, 0.2) is 6.54 Å². The molecular weight excluding hydrogens is 392 g/mol. The molecule has 2 aromatic rings. The lowest BCUT2D eigenvalue weighted by molar-refractivity contribution is -0.885. The molecule has 7 heteroatoms. The number of carbonyl (C=O) groups excluding carboxylic acids is 3. The van der Waals surface area contributed by atoms with Gasteiger partial charge >= 0.3 is 6.03 Å². The van der Waals surface area contributed by atoms with Gasteiger partial charge in [-0.1, -0.05) is 75.4 Å². The van der Waals surface area contributed by atoms with Crippen molar-refractivity contribution in [2.75, 3.05) is 13.6 Å². The summed E-state index contributed by atoms with van der Waals surface area (Å²) in [6, 6.07) is 16.8. The van der Waals surface area contributed by atoms with Crippen molar-refractivity contribution in [3.8, 4) is 0 Å². The highest BCUT2D eigenvalue weighted by Crippen LogP contribution is 2.31.